The van der Waals surface area contributed by atoms with Gasteiger partial charge in [0.05, 0.1) is 7.11 Å². The maximum atomic E-state index is 13.2. The van der Waals surface area contributed by atoms with Crippen molar-refractivity contribution in [2.75, 3.05) is 33.3 Å². The Balaban J connectivity index is 2.12. The quantitative estimate of drug-likeness (QED) is 0.742. The van der Waals surface area contributed by atoms with E-state index in [1.807, 2.05) is 32.0 Å². The van der Waals surface area contributed by atoms with Gasteiger partial charge in [-0.15, -0.1) is 4.91 Å². The van der Waals surface area contributed by atoms with Crippen molar-refractivity contribution in [3.63, 3.8) is 0 Å². The van der Waals surface area contributed by atoms with Crippen LogP contribution < -0.4 is 14.8 Å². The number of nitrogens with one attached hydrogen (secondary N) is 1. The van der Waals surface area contributed by atoms with Gasteiger partial charge in [-0.1, -0.05) is 6.07 Å². The van der Waals surface area contributed by atoms with Crippen LogP contribution in [0.15, 0.2) is 40.4 Å². The van der Waals surface area contributed by atoms with E-state index in [1.54, 1.807) is 0 Å². The van der Waals surface area contributed by atoms with Crippen molar-refractivity contribution in [3.8, 4) is 17.2 Å². The Morgan fingerprint density at radius 1 is 1.00 bits per heavy atom. The zero-order chi connectivity index (χ0) is 20.3. The summed E-state index contributed by atoms with van der Waals surface area (Å²) in [5.41, 5.74) is 1.88. The maximum Gasteiger partial charge on any atom is 0.246 e. The molecule has 1 heterocycles. The third kappa shape index (κ3) is 4.16. The van der Waals surface area contributed by atoms with Crippen LogP contribution in [0.5, 0.6) is 17.2 Å². The lowest BCUT2D eigenvalue weighted by molar-refractivity contribution is 0.357. The normalized spacial score (nSPS) is 15.2. The minimum Gasteiger partial charge on any atom is -0.494 e. The van der Waals surface area contributed by atoms with Crippen molar-refractivity contribution < 1.29 is 17.9 Å². The number of sulfonamides is 1. The second kappa shape index (κ2) is 8.26. The van der Waals surface area contributed by atoms with Crippen molar-refractivity contribution in [2.45, 2.75) is 18.7 Å². The van der Waals surface area contributed by atoms with Crippen molar-refractivity contribution in [3.05, 3.63) is 46.4 Å². The van der Waals surface area contributed by atoms with Crippen LogP contribution in [-0.2, 0) is 10.0 Å². The molecular formula is C19H23N3O5S. The molecule has 1 saturated heterocycles. The highest BCUT2D eigenvalue weighted by Gasteiger charge is 2.31. The second-order valence-electron chi connectivity index (χ2n) is 6.64. The van der Waals surface area contributed by atoms with Gasteiger partial charge in [-0.05, 0) is 48.4 Å². The third-order valence-corrected chi connectivity index (χ3v) is 6.38. The molecule has 8 nitrogen and oxygen atoms in total. The van der Waals surface area contributed by atoms with Crippen LogP contribution >= 0.6 is 0 Å². The van der Waals surface area contributed by atoms with Gasteiger partial charge >= 0.3 is 0 Å². The Hall–Kier alpha value is -2.49. The minimum atomic E-state index is -3.88. The standard InChI is InChI=1S/C19H23N3O5S/c1-13-8-14(2)10-15(9-13)27-18-12-17(26-3)16(21-23)11-19(18)28(24,25)22-6-4-20-5-7-22/h8-12,20H,4-7H2,1-3H3. The highest BCUT2D eigenvalue weighted by atomic mass is 32.2. The first-order valence-electron chi connectivity index (χ1n) is 8.87. The first-order valence-corrected chi connectivity index (χ1v) is 10.3. The van der Waals surface area contributed by atoms with Crippen LogP contribution in [0.1, 0.15) is 11.1 Å². The Labute approximate surface area is 164 Å². The predicted octanol–water partition coefficient (Wildman–Crippen LogP) is 3.10. The Bertz CT molecular complexity index is 965. The minimum absolute atomic E-state index is 0.0905. The van der Waals surface area contributed by atoms with Crippen LogP contribution in [0, 0.1) is 18.8 Å². The van der Waals surface area contributed by atoms with E-state index < -0.39 is 10.0 Å². The topological polar surface area (TPSA) is 97.3 Å². The number of hydrogen-bond donors (Lipinski definition) is 1. The van der Waals surface area contributed by atoms with Gasteiger partial charge in [0.1, 0.15) is 10.6 Å². The number of piperazine rings is 1. The number of aryl methyl sites for hydroxylation is 2. The summed E-state index contributed by atoms with van der Waals surface area (Å²) >= 11 is 0. The van der Waals surface area contributed by atoms with Crippen molar-refractivity contribution in [1.29, 1.82) is 0 Å². The fraction of sp³-hybridized carbons (Fsp3) is 0.368. The lowest BCUT2D eigenvalue weighted by atomic mass is 10.1. The van der Waals surface area contributed by atoms with Gasteiger partial charge in [0.15, 0.2) is 17.2 Å². The number of benzene rings is 2. The number of nitrogens with zero attached hydrogens (tertiary/aromatic N) is 2. The molecule has 0 aliphatic carbocycles. The van der Waals surface area contributed by atoms with E-state index in [2.05, 4.69) is 10.5 Å². The Morgan fingerprint density at radius 3 is 2.21 bits per heavy atom. The highest BCUT2D eigenvalue weighted by Crippen LogP contribution is 2.40. The molecule has 0 radical (unpaired) electrons. The van der Waals surface area contributed by atoms with Gasteiger partial charge in [0.2, 0.25) is 10.0 Å². The molecule has 0 amide bonds. The van der Waals surface area contributed by atoms with Gasteiger partial charge in [-0.3, -0.25) is 0 Å². The average Bonchev–Trinajstić information content (AvgIpc) is 2.67. The van der Waals surface area contributed by atoms with Gasteiger partial charge in [0.25, 0.3) is 0 Å². The molecule has 0 spiro atoms. The fourth-order valence-corrected chi connectivity index (χ4v) is 4.75. The number of rotatable bonds is 6. The summed E-state index contributed by atoms with van der Waals surface area (Å²) in [6, 6.07) is 8.22. The summed E-state index contributed by atoms with van der Waals surface area (Å²) in [5, 5.41) is 6.03. The van der Waals surface area contributed by atoms with E-state index in [4.69, 9.17) is 9.47 Å². The molecule has 0 bridgehead atoms. The number of hydrogen-bond acceptors (Lipinski definition) is 7. The summed E-state index contributed by atoms with van der Waals surface area (Å²) in [7, 11) is -2.49. The number of nitroso groups, excluding NO2 is 1. The van der Waals surface area contributed by atoms with E-state index in [9.17, 15) is 13.3 Å². The molecule has 1 aliphatic heterocycles. The predicted molar refractivity (Wildman–Crippen MR) is 106 cm³/mol. The van der Waals surface area contributed by atoms with Crippen molar-refractivity contribution in [2.24, 2.45) is 5.18 Å². The summed E-state index contributed by atoms with van der Waals surface area (Å²) in [6.45, 7) is 5.64. The van der Waals surface area contributed by atoms with Crippen LogP contribution in [0.2, 0.25) is 0 Å². The van der Waals surface area contributed by atoms with Crippen LogP contribution in [0.4, 0.5) is 5.69 Å². The van der Waals surface area contributed by atoms with Gasteiger partial charge < -0.3 is 14.8 Å². The third-order valence-electron chi connectivity index (χ3n) is 4.46. The Kier molecular flexibility index (Phi) is 5.97. The second-order valence-corrected chi connectivity index (χ2v) is 8.55. The van der Waals surface area contributed by atoms with Crippen LogP contribution in [0.25, 0.3) is 0 Å². The molecule has 0 saturated carbocycles. The molecule has 2 aromatic carbocycles. The molecule has 0 unspecified atom stereocenters. The van der Waals surface area contributed by atoms with E-state index in [0.717, 1.165) is 11.1 Å². The van der Waals surface area contributed by atoms with E-state index in [0.29, 0.717) is 31.9 Å². The number of ether oxygens (including phenoxy) is 2. The summed E-state index contributed by atoms with van der Waals surface area (Å²) < 4.78 is 39.0. The fourth-order valence-electron chi connectivity index (χ4n) is 3.19. The smallest absolute Gasteiger partial charge is 0.246 e. The largest absolute Gasteiger partial charge is 0.494 e. The lowest BCUT2D eigenvalue weighted by Gasteiger charge is -2.27. The molecule has 1 N–H and O–H groups in total. The van der Waals surface area contributed by atoms with Crippen LogP contribution in [-0.4, -0.2) is 46.0 Å². The SMILES string of the molecule is COc1cc(Oc2cc(C)cc(C)c2)c(S(=O)(=O)N2CCNCC2)cc1N=O. The van der Waals surface area contributed by atoms with E-state index >= 15 is 0 Å². The molecule has 1 fully saturated rings. The van der Waals surface area contributed by atoms with Gasteiger partial charge in [-0.25, -0.2) is 8.42 Å². The zero-order valence-electron chi connectivity index (χ0n) is 16.1. The number of methoxy groups -OCH3 is 1. The first-order chi connectivity index (χ1) is 13.3. The zero-order valence-corrected chi connectivity index (χ0v) is 16.9. The summed E-state index contributed by atoms with van der Waals surface area (Å²) in [4.78, 5) is 11.1. The van der Waals surface area contributed by atoms with Crippen molar-refractivity contribution in [1.82, 2.24) is 9.62 Å². The van der Waals surface area contributed by atoms with Gasteiger partial charge in [0, 0.05) is 32.2 Å². The van der Waals surface area contributed by atoms with E-state index in [1.165, 1.54) is 23.5 Å². The first kappa shape index (κ1) is 20.2. The maximum absolute atomic E-state index is 13.2. The molecule has 2 aromatic rings. The highest BCUT2D eigenvalue weighted by molar-refractivity contribution is 7.89. The molecule has 1 aliphatic rings. The molecule has 0 aromatic heterocycles. The van der Waals surface area contributed by atoms with Gasteiger partial charge in [-0.2, -0.15) is 4.31 Å². The van der Waals surface area contributed by atoms with Crippen LogP contribution in [0.3, 0.4) is 0 Å². The molecule has 0 atom stereocenters. The summed E-state index contributed by atoms with van der Waals surface area (Å²) in [5.74, 6) is 0.740. The molecule has 3 rings (SSSR count). The average molecular weight is 405 g/mol. The lowest BCUT2D eigenvalue weighted by Crippen LogP contribution is -2.46. The molecule has 150 valence electrons. The monoisotopic (exact) mass is 405 g/mol. The molecule has 9 heteroatoms. The summed E-state index contributed by atoms with van der Waals surface area (Å²) in [6.07, 6.45) is 0. The molecular weight excluding hydrogens is 382 g/mol. The van der Waals surface area contributed by atoms with Crippen molar-refractivity contribution >= 4 is 15.7 Å². The van der Waals surface area contributed by atoms with E-state index in [-0.39, 0.29) is 22.1 Å². The Morgan fingerprint density at radius 2 is 1.64 bits per heavy atom. The molecule has 28 heavy (non-hydrogen) atoms.